The molecule has 4 saturated heterocycles. The normalized spacial score (nSPS) is 35.6. The Morgan fingerprint density at radius 3 is 2.15 bits per heavy atom. The molecule has 4 fully saturated rings. The van der Waals surface area contributed by atoms with E-state index in [1.165, 1.54) is 19.1 Å². The van der Waals surface area contributed by atoms with Gasteiger partial charge in [-0.05, 0) is 52.3 Å². The van der Waals surface area contributed by atoms with Gasteiger partial charge in [0.25, 0.3) is 0 Å². The smallest absolute Gasteiger partial charge is 0.324 e. The number of aryl methyl sites for hydroxylation is 1. The lowest BCUT2D eigenvalue weighted by Gasteiger charge is -2.41. The lowest BCUT2D eigenvalue weighted by molar-refractivity contribution is -0.246. The van der Waals surface area contributed by atoms with E-state index in [1.807, 2.05) is 6.92 Å². The topological polar surface area (TPSA) is 149 Å². The van der Waals surface area contributed by atoms with Crippen LogP contribution in [0.2, 0.25) is 5.02 Å². The number of carbonyl (C=O) groups excluding carboxylic acids is 2. The first-order valence-corrected chi connectivity index (χ1v) is 13.8. The van der Waals surface area contributed by atoms with E-state index in [4.69, 9.17) is 55.2 Å². The van der Waals surface area contributed by atoms with Crippen LogP contribution in [0.4, 0.5) is 10.5 Å². The van der Waals surface area contributed by atoms with Gasteiger partial charge in [0.05, 0.1) is 6.04 Å². The number of methoxy groups -OCH3 is 2. The number of anilines is 1. The molecule has 1 unspecified atom stereocenters. The second-order valence-electron chi connectivity index (χ2n) is 11.5. The van der Waals surface area contributed by atoms with Crippen LogP contribution in [0.25, 0.3) is 0 Å². The number of hydrogen-bond acceptors (Lipinski definition) is 10. The van der Waals surface area contributed by atoms with Crippen molar-refractivity contribution in [2.45, 2.75) is 108 Å². The number of carbonyl (C=O) groups is 2. The summed E-state index contributed by atoms with van der Waals surface area (Å²) in [4.78, 5) is 28.0. The maximum atomic E-state index is 14.2. The van der Waals surface area contributed by atoms with E-state index in [-0.39, 0.29) is 6.42 Å². The first-order chi connectivity index (χ1) is 19.2. The second kappa shape index (κ2) is 11.2. The standard InChI is InChI=1S/C27H38ClN3O10/c1-12-8-9-13(10-14(12)28)30-25(33)31(22-19(35-7)21-24(37-22)41-27(4,5)39-21)15(11-16(29)32)17-18(34-6)20-23(36-17)40-26(2,3)38-20/h8-10,15,17-24H,11H2,1-7H3,(H2,29,32)(H,30,33)/t15-,17+,18-,19-,20+,21-,22?,23+,24-/m0/s1. The van der Waals surface area contributed by atoms with Crippen LogP contribution in [-0.2, 0) is 42.7 Å². The Balaban J connectivity index is 1.52. The zero-order chi connectivity index (χ0) is 29.9. The van der Waals surface area contributed by atoms with E-state index in [0.29, 0.717) is 10.7 Å². The minimum atomic E-state index is -1.07. The highest BCUT2D eigenvalue weighted by Gasteiger charge is 2.62. The molecule has 0 spiro atoms. The second-order valence-corrected chi connectivity index (χ2v) is 11.9. The first kappa shape index (κ1) is 30.4. The molecule has 3 N–H and O–H groups in total. The largest absolute Gasteiger partial charge is 0.376 e. The fourth-order valence-corrected chi connectivity index (χ4v) is 6.09. The molecule has 0 aliphatic carbocycles. The summed E-state index contributed by atoms with van der Waals surface area (Å²) in [7, 11) is 2.98. The maximum absolute atomic E-state index is 14.2. The SMILES string of the molecule is CO[C@@H]1[C@H]2OC(C)(C)O[C@H]2O[C@@H]1[C@H](CC(N)=O)N(C(=O)Nc1ccc(C)c(Cl)c1)C1O[C@H]2OC(C)(C)O[C@H]2[C@@H]1OC. The molecule has 4 heterocycles. The fourth-order valence-electron chi connectivity index (χ4n) is 5.91. The number of nitrogens with two attached hydrogens (primary N) is 1. The molecular weight excluding hydrogens is 562 g/mol. The Labute approximate surface area is 243 Å². The number of hydrogen-bond donors (Lipinski definition) is 2. The summed E-state index contributed by atoms with van der Waals surface area (Å²) in [5.41, 5.74) is 7.00. The molecule has 0 radical (unpaired) electrons. The van der Waals surface area contributed by atoms with Crippen molar-refractivity contribution < 1.29 is 47.5 Å². The number of ether oxygens (including phenoxy) is 8. The van der Waals surface area contributed by atoms with Crippen molar-refractivity contribution in [1.82, 2.24) is 4.90 Å². The molecule has 0 aromatic heterocycles. The third-order valence-corrected chi connectivity index (χ3v) is 8.02. The summed E-state index contributed by atoms with van der Waals surface area (Å²) < 4.78 is 48.1. The number of fused-ring (bicyclic) bond motifs is 2. The van der Waals surface area contributed by atoms with Gasteiger partial charge >= 0.3 is 6.03 Å². The Bertz CT molecular complexity index is 1170. The van der Waals surface area contributed by atoms with Gasteiger partial charge in [-0.1, -0.05) is 17.7 Å². The Morgan fingerprint density at radius 1 is 1.00 bits per heavy atom. The third-order valence-electron chi connectivity index (χ3n) is 7.62. The molecule has 3 amide bonds. The van der Waals surface area contributed by atoms with Crippen LogP contribution in [0.5, 0.6) is 0 Å². The summed E-state index contributed by atoms with van der Waals surface area (Å²) in [6.07, 6.45) is -6.70. The zero-order valence-electron chi connectivity index (χ0n) is 24.1. The Hall–Kier alpha value is -2.07. The number of nitrogens with one attached hydrogen (secondary N) is 1. The van der Waals surface area contributed by atoms with Crippen molar-refractivity contribution in [3.05, 3.63) is 28.8 Å². The predicted molar refractivity (Wildman–Crippen MR) is 144 cm³/mol. The van der Waals surface area contributed by atoms with Crippen LogP contribution in [0, 0.1) is 6.92 Å². The van der Waals surface area contributed by atoms with Crippen molar-refractivity contribution in [1.29, 1.82) is 0 Å². The quantitative estimate of drug-likeness (QED) is 0.456. The van der Waals surface area contributed by atoms with Crippen LogP contribution in [0.3, 0.4) is 0 Å². The van der Waals surface area contributed by atoms with Gasteiger partial charge in [-0.25, -0.2) is 4.79 Å². The van der Waals surface area contributed by atoms with Crippen molar-refractivity contribution in [2.24, 2.45) is 5.73 Å². The van der Waals surface area contributed by atoms with Crippen LogP contribution >= 0.6 is 11.6 Å². The zero-order valence-corrected chi connectivity index (χ0v) is 24.9. The van der Waals surface area contributed by atoms with Gasteiger partial charge < -0.3 is 48.9 Å². The molecule has 0 bridgehead atoms. The van der Waals surface area contributed by atoms with E-state index in [1.54, 1.807) is 45.9 Å². The average molecular weight is 600 g/mol. The van der Waals surface area contributed by atoms with Gasteiger partial charge in [0.2, 0.25) is 5.91 Å². The molecule has 228 valence electrons. The molecule has 4 aliphatic rings. The van der Waals surface area contributed by atoms with Crippen molar-refractivity contribution in [3.63, 3.8) is 0 Å². The number of nitrogens with zero attached hydrogens (tertiary/aromatic N) is 1. The van der Waals surface area contributed by atoms with Crippen molar-refractivity contribution in [2.75, 3.05) is 19.5 Å². The van der Waals surface area contributed by atoms with Gasteiger partial charge in [0.1, 0.15) is 30.5 Å². The van der Waals surface area contributed by atoms with Crippen molar-refractivity contribution >= 4 is 29.2 Å². The van der Waals surface area contributed by atoms with Crippen LogP contribution in [-0.4, -0.2) is 98.0 Å². The number of primary amides is 1. The van der Waals surface area contributed by atoms with Gasteiger partial charge in [-0.3, -0.25) is 9.69 Å². The predicted octanol–water partition coefficient (Wildman–Crippen LogP) is 2.47. The van der Waals surface area contributed by atoms with E-state index in [2.05, 4.69) is 5.32 Å². The van der Waals surface area contributed by atoms with E-state index >= 15 is 0 Å². The van der Waals surface area contributed by atoms with Gasteiger partial charge in [-0.15, -0.1) is 0 Å². The number of rotatable bonds is 8. The van der Waals surface area contributed by atoms with Gasteiger partial charge in [0.15, 0.2) is 30.4 Å². The highest BCUT2D eigenvalue weighted by Crippen LogP contribution is 2.44. The highest BCUT2D eigenvalue weighted by atomic mass is 35.5. The van der Waals surface area contributed by atoms with Crippen LogP contribution in [0.15, 0.2) is 18.2 Å². The lowest BCUT2D eigenvalue weighted by Crippen LogP contribution is -2.61. The molecule has 9 atom stereocenters. The molecule has 5 rings (SSSR count). The average Bonchev–Trinajstić information content (AvgIpc) is 3.54. The minimum absolute atomic E-state index is 0.297. The monoisotopic (exact) mass is 599 g/mol. The molecule has 41 heavy (non-hydrogen) atoms. The molecule has 0 saturated carbocycles. The number of halogens is 1. The Morgan fingerprint density at radius 2 is 1.59 bits per heavy atom. The van der Waals surface area contributed by atoms with Gasteiger partial charge in [0, 0.05) is 31.4 Å². The third kappa shape index (κ3) is 5.92. The summed E-state index contributed by atoms with van der Waals surface area (Å²) >= 11 is 6.32. The fraction of sp³-hybridized carbons (Fsp3) is 0.704. The number of amides is 3. The van der Waals surface area contributed by atoms with Crippen molar-refractivity contribution in [3.8, 4) is 0 Å². The molecule has 13 nitrogen and oxygen atoms in total. The Kier molecular flexibility index (Phi) is 8.31. The van der Waals surface area contributed by atoms with E-state index < -0.39 is 78.9 Å². The molecule has 1 aromatic rings. The lowest BCUT2D eigenvalue weighted by atomic mass is 9.97. The van der Waals surface area contributed by atoms with E-state index in [0.717, 1.165) is 5.56 Å². The molecule has 4 aliphatic heterocycles. The summed E-state index contributed by atoms with van der Waals surface area (Å²) in [6.45, 7) is 8.89. The maximum Gasteiger partial charge on any atom is 0.324 e. The number of benzene rings is 1. The summed E-state index contributed by atoms with van der Waals surface area (Å²) in [5, 5.41) is 3.33. The molecule has 14 heteroatoms. The number of urea groups is 1. The molecule has 1 aromatic carbocycles. The van der Waals surface area contributed by atoms with Crippen LogP contribution in [0.1, 0.15) is 39.7 Å². The minimum Gasteiger partial charge on any atom is -0.376 e. The van der Waals surface area contributed by atoms with Gasteiger partial charge in [-0.2, -0.15) is 0 Å². The summed E-state index contributed by atoms with van der Waals surface area (Å²) in [6, 6.07) is 3.49. The van der Waals surface area contributed by atoms with Crippen LogP contribution < -0.4 is 11.1 Å². The first-order valence-electron chi connectivity index (χ1n) is 13.4. The summed E-state index contributed by atoms with van der Waals surface area (Å²) in [5.74, 6) is -2.51. The van der Waals surface area contributed by atoms with E-state index in [9.17, 15) is 9.59 Å². The highest BCUT2D eigenvalue weighted by molar-refractivity contribution is 6.31. The molecular formula is C27H38ClN3O10.